The van der Waals surface area contributed by atoms with E-state index < -0.39 is 17.7 Å². The van der Waals surface area contributed by atoms with Gasteiger partial charge in [-0.15, -0.1) is 0 Å². The molecule has 174 valence electrons. The summed E-state index contributed by atoms with van der Waals surface area (Å²) >= 11 is 5.97. The van der Waals surface area contributed by atoms with E-state index in [0.717, 1.165) is 5.56 Å². The SMILES string of the molecule is CCOc1cc(C2C(=C(O)c3ccc(Cl)cc3)C(=O)C(=O)N2CCc2ccccc2)ccc1O. The zero-order chi connectivity index (χ0) is 24.2. The van der Waals surface area contributed by atoms with Gasteiger partial charge in [-0.3, -0.25) is 9.59 Å². The Kier molecular flexibility index (Phi) is 6.89. The molecule has 6 nitrogen and oxygen atoms in total. The van der Waals surface area contributed by atoms with E-state index in [1.165, 1.54) is 11.0 Å². The van der Waals surface area contributed by atoms with Crippen molar-refractivity contribution in [2.24, 2.45) is 0 Å². The first-order valence-electron chi connectivity index (χ1n) is 10.9. The molecule has 0 bridgehead atoms. The zero-order valence-corrected chi connectivity index (χ0v) is 19.3. The van der Waals surface area contributed by atoms with Crippen LogP contribution >= 0.6 is 11.6 Å². The smallest absolute Gasteiger partial charge is 0.295 e. The Morgan fingerprint density at radius 3 is 2.41 bits per heavy atom. The Bertz CT molecular complexity index is 1240. The predicted octanol–water partition coefficient (Wildman–Crippen LogP) is 5.11. The lowest BCUT2D eigenvalue weighted by Crippen LogP contribution is -2.31. The van der Waals surface area contributed by atoms with Crippen LogP contribution in [0.5, 0.6) is 11.5 Å². The number of benzene rings is 3. The molecule has 1 aliphatic rings. The Morgan fingerprint density at radius 2 is 1.74 bits per heavy atom. The molecule has 1 unspecified atom stereocenters. The first-order chi connectivity index (χ1) is 16.4. The molecule has 0 radical (unpaired) electrons. The standard InChI is InChI=1S/C27H24ClNO5/c1-2-34-22-16-19(10-13-21(22)30)24-23(25(31)18-8-11-20(28)12-9-18)26(32)27(33)29(24)15-14-17-6-4-3-5-7-17/h3-13,16,24,30-31H,2,14-15H2,1H3. The molecule has 4 rings (SSSR count). The lowest BCUT2D eigenvalue weighted by molar-refractivity contribution is -0.139. The number of carbonyl (C=O) groups excluding carboxylic acids is 2. The molecule has 3 aromatic carbocycles. The summed E-state index contributed by atoms with van der Waals surface area (Å²) in [5.41, 5.74) is 1.92. The Morgan fingerprint density at radius 1 is 1.03 bits per heavy atom. The van der Waals surface area contributed by atoms with Crippen molar-refractivity contribution >= 4 is 29.1 Å². The molecular formula is C27H24ClNO5. The number of ether oxygens (including phenoxy) is 1. The van der Waals surface area contributed by atoms with E-state index in [1.54, 1.807) is 43.3 Å². The fraction of sp³-hybridized carbons (Fsp3) is 0.185. The third-order valence-corrected chi connectivity index (χ3v) is 5.99. The van der Waals surface area contributed by atoms with Crippen molar-refractivity contribution in [1.82, 2.24) is 4.90 Å². The van der Waals surface area contributed by atoms with E-state index in [4.69, 9.17) is 16.3 Å². The summed E-state index contributed by atoms with van der Waals surface area (Å²) in [6, 6.07) is 19.9. The van der Waals surface area contributed by atoms with Crippen LogP contribution in [0, 0.1) is 0 Å². The maximum atomic E-state index is 13.2. The van der Waals surface area contributed by atoms with E-state index in [-0.39, 0.29) is 29.4 Å². The third-order valence-electron chi connectivity index (χ3n) is 5.74. The molecule has 34 heavy (non-hydrogen) atoms. The summed E-state index contributed by atoms with van der Waals surface area (Å²) in [5, 5.41) is 21.8. The molecule has 0 saturated carbocycles. The number of likely N-dealkylation sites (tertiary alicyclic amines) is 1. The molecule has 1 atom stereocenters. The number of amides is 1. The number of halogens is 1. The highest BCUT2D eigenvalue weighted by Gasteiger charge is 2.46. The van der Waals surface area contributed by atoms with E-state index in [1.807, 2.05) is 30.3 Å². The maximum Gasteiger partial charge on any atom is 0.295 e. The number of aromatic hydroxyl groups is 1. The number of hydrogen-bond acceptors (Lipinski definition) is 5. The number of ketones is 1. The molecule has 1 fully saturated rings. The fourth-order valence-electron chi connectivity index (χ4n) is 4.09. The van der Waals surface area contributed by atoms with Crippen molar-refractivity contribution in [2.75, 3.05) is 13.2 Å². The predicted molar refractivity (Wildman–Crippen MR) is 130 cm³/mol. The minimum Gasteiger partial charge on any atom is -0.507 e. The normalized spacial score (nSPS) is 17.2. The lowest BCUT2D eigenvalue weighted by atomic mass is 9.95. The summed E-state index contributed by atoms with van der Waals surface area (Å²) < 4.78 is 5.52. The van der Waals surface area contributed by atoms with Crippen LogP contribution in [0.1, 0.15) is 29.7 Å². The number of carbonyl (C=O) groups is 2. The van der Waals surface area contributed by atoms with Gasteiger partial charge in [-0.05, 0) is 60.9 Å². The van der Waals surface area contributed by atoms with Crippen molar-refractivity contribution in [3.8, 4) is 11.5 Å². The van der Waals surface area contributed by atoms with Gasteiger partial charge < -0.3 is 19.8 Å². The minimum atomic E-state index is -0.848. The summed E-state index contributed by atoms with van der Waals surface area (Å²) in [5.74, 6) is -1.56. The van der Waals surface area contributed by atoms with Crippen LogP contribution in [0.25, 0.3) is 5.76 Å². The molecule has 1 amide bonds. The number of Topliss-reactive ketones (excluding diaryl/α,β-unsaturated/α-hetero) is 1. The monoisotopic (exact) mass is 477 g/mol. The average Bonchev–Trinajstić information content (AvgIpc) is 3.10. The van der Waals surface area contributed by atoms with E-state index in [2.05, 4.69) is 0 Å². The van der Waals surface area contributed by atoms with Gasteiger partial charge in [0.1, 0.15) is 5.76 Å². The van der Waals surface area contributed by atoms with Gasteiger partial charge in [0.05, 0.1) is 18.2 Å². The van der Waals surface area contributed by atoms with Crippen molar-refractivity contribution in [3.05, 3.63) is 100 Å². The van der Waals surface area contributed by atoms with Gasteiger partial charge in [0.25, 0.3) is 11.7 Å². The number of rotatable bonds is 7. The van der Waals surface area contributed by atoms with Crippen LogP contribution in [0.15, 0.2) is 78.4 Å². The van der Waals surface area contributed by atoms with Gasteiger partial charge in [-0.1, -0.05) is 48.0 Å². The molecule has 2 N–H and O–H groups in total. The lowest BCUT2D eigenvalue weighted by Gasteiger charge is -2.26. The summed E-state index contributed by atoms with van der Waals surface area (Å²) in [7, 11) is 0. The van der Waals surface area contributed by atoms with Gasteiger partial charge >= 0.3 is 0 Å². The molecule has 0 aliphatic carbocycles. The minimum absolute atomic E-state index is 0.0199. The van der Waals surface area contributed by atoms with E-state index in [9.17, 15) is 19.8 Å². The first kappa shape index (κ1) is 23.4. The quantitative estimate of drug-likeness (QED) is 0.280. The molecule has 7 heteroatoms. The second-order valence-electron chi connectivity index (χ2n) is 7.90. The topological polar surface area (TPSA) is 87.1 Å². The highest BCUT2D eigenvalue weighted by atomic mass is 35.5. The molecule has 0 spiro atoms. The number of aliphatic hydroxyl groups is 1. The third kappa shape index (κ3) is 4.63. The van der Waals surface area contributed by atoms with E-state index >= 15 is 0 Å². The average molecular weight is 478 g/mol. The number of phenols is 1. The fourth-order valence-corrected chi connectivity index (χ4v) is 4.21. The second kappa shape index (κ2) is 10.0. The number of phenolic OH excluding ortho intramolecular Hbond substituents is 1. The van der Waals surface area contributed by atoms with Gasteiger partial charge in [0.2, 0.25) is 0 Å². The van der Waals surface area contributed by atoms with Gasteiger partial charge in [-0.25, -0.2) is 0 Å². The van der Waals surface area contributed by atoms with Crippen molar-refractivity contribution < 1.29 is 24.5 Å². The molecule has 0 aromatic heterocycles. The number of hydrogen-bond donors (Lipinski definition) is 2. The second-order valence-corrected chi connectivity index (χ2v) is 8.33. The highest BCUT2D eigenvalue weighted by Crippen LogP contribution is 2.42. The van der Waals surface area contributed by atoms with Crippen LogP contribution in [-0.4, -0.2) is 40.0 Å². The summed E-state index contributed by atoms with van der Waals surface area (Å²) in [6.45, 7) is 2.38. The van der Waals surface area contributed by atoms with Crippen LogP contribution in [0.4, 0.5) is 0 Å². The molecular weight excluding hydrogens is 454 g/mol. The molecule has 1 saturated heterocycles. The maximum absolute atomic E-state index is 13.2. The van der Waals surface area contributed by atoms with Gasteiger partial charge in [-0.2, -0.15) is 0 Å². The Hall–Kier alpha value is -3.77. The largest absolute Gasteiger partial charge is 0.507 e. The van der Waals surface area contributed by atoms with Crippen molar-refractivity contribution in [3.63, 3.8) is 0 Å². The van der Waals surface area contributed by atoms with E-state index in [0.29, 0.717) is 29.2 Å². The van der Waals surface area contributed by atoms with Crippen molar-refractivity contribution in [1.29, 1.82) is 0 Å². The van der Waals surface area contributed by atoms with Crippen LogP contribution in [-0.2, 0) is 16.0 Å². The zero-order valence-electron chi connectivity index (χ0n) is 18.6. The molecule has 1 heterocycles. The first-order valence-corrected chi connectivity index (χ1v) is 11.3. The molecule has 1 aliphatic heterocycles. The molecule has 3 aromatic rings. The number of aliphatic hydroxyl groups excluding tert-OH is 1. The van der Waals surface area contributed by atoms with Crippen LogP contribution in [0.3, 0.4) is 0 Å². The summed E-state index contributed by atoms with van der Waals surface area (Å²) in [4.78, 5) is 27.7. The number of nitrogens with zero attached hydrogens (tertiary/aromatic N) is 1. The van der Waals surface area contributed by atoms with Gasteiger partial charge in [0, 0.05) is 17.1 Å². The van der Waals surface area contributed by atoms with Crippen molar-refractivity contribution in [2.45, 2.75) is 19.4 Å². The van der Waals surface area contributed by atoms with Crippen LogP contribution in [0.2, 0.25) is 5.02 Å². The highest BCUT2D eigenvalue weighted by molar-refractivity contribution is 6.46. The summed E-state index contributed by atoms with van der Waals surface area (Å²) in [6.07, 6.45) is 0.530. The Balaban J connectivity index is 1.81. The van der Waals surface area contributed by atoms with Gasteiger partial charge in [0.15, 0.2) is 11.5 Å². The van der Waals surface area contributed by atoms with Crippen LogP contribution < -0.4 is 4.74 Å². The Labute approximate surface area is 202 Å².